The van der Waals surface area contributed by atoms with Gasteiger partial charge in [0.1, 0.15) is 6.23 Å². The Morgan fingerprint density at radius 2 is 2.35 bits per heavy atom. The van der Waals surface area contributed by atoms with E-state index in [4.69, 9.17) is 4.74 Å². The minimum absolute atomic E-state index is 0.0498. The van der Waals surface area contributed by atoms with Crippen molar-refractivity contribution in [3.8, 4) is 0 Å². The molecule has 1 aliphatic rings. The van der Waals surface area contributed by atoms with Gasteiger partial charge in [-0.05, 0) is 19.1 Å². The summed E-state index contributed by atoms with van der Waals surface area (Å²) in [4.78, 5) is 15.9. The Balaban J connectivity index is 2.19. The molecule has 0 fully saturated rings. The van der Waals surface area contributed by atoms with E-state index in [0.717, 1.165) is 11.0 Å². The summed E-state index contributed by atoms with van der Waals surface area (Å²) in [6.45, 7) is 2.50. The number of ether oxygens (including phenoxy) is 1. The fourth-order valence-corrected chi connectivity index (χ4v) is 2.18. The molecule has 1 unspecified atom stereocenters. The van der Waals surface area contributed by atoms with E-state index in [2.05, 4.69) is 10.3 Å². The standard InChI is InChI=1S/C12H13N3O2/c1-2-17-11-7-10(16)14-12-13-8-5-3-4-6-9(8)15(11)12/h3-6,11H,2,7H2,1H3,(H,13,14,16). The third-order valence-electron chi connectivity index (χ3n) is 2.85. The van der Waals surface area contributed by atoms with Crippen molar-refractivity contribution in [1.29, 1.82) is 0 Å². The molecule has 1 amide bonds. The van der Waals surface area contributed by atoms with Crippen LogP contribution in [0.1, 0.15) is 19.6 Å². The Morgan fingerprint density at radius 3 is 3.18 bits per heavy atom. The zero-order chi connectivity index (χ0) is 11.8. The Hall–Kier alpha value is -1.88. The van der Waals surface area contributed by atoms with Crippen LogP contribution in [-0.2, 0) is 9.53 Å². The molecule has 2 aromatic rings. The highest BCUT2D eigenvalue weighted by molar-refractivity contribution is 5.93. The van der Waals surface area contributed by atoms with Gasteiger partial charge in [-0.2, -0.15) is 0 Å². The molecule has 3 rings (SSSR count). The van der Waals surface area contributed by atoms with Gasteiger partial charge in [0.05, 0.1) is 17.5 Å². The van der Waals surface area contributed by atoms with Gasteiger partial charge in [-0.15, -0.1) is 0 Å². The van der Waals surface area contributed by atoms with E-state index in [1.807, 2.05) is 35.8 Å². The lowest BCUT2D eigenvalue weighted by Gasteiger charge is -2.25. The fraction of sp³-hybridized carbons (Fsp3) is 0.333. The molecule has 0 bridgehead atoms. The van der Waals surface area contributed by atoms with E-state index in [0.29, 0.717) is 19.0 Å². The van der Waals surface area contributed by atoms with Crippen LogP contribution in [0.2, 0.25) is 0 Å². The Kier molecular flexibility index (Phi) is 2.33. The molecule has 1 aliphatic heterocycles. The number of aromatic nitrogens is 2. The van der Waals surface area contributed by atoms with Crippen molar-refractivity contribution in [2.45, 2.75) is 19.6 Å². The maximum Gasteiger partial charge on any atom is 0.231 e. The summed E-state index contributed by atoms with van der Waals surface area (Å²) in [6, 6.07) is 7.79. The summed E-state index contributed by atoms with van der Waals surface area (Å²) in [7, 11) is 0. The second kappa shape index (κ2) is 3.85. The highest BCUT2D eigenvalue weighted by atomic mass is 16.5. The number of rotatable bonds is 2. The maximum atomic E-state index is 11.5. The van der Waals surface area contributed by atoms with E-state index >= 15 is 0 Å². The van der Waals surface area contributed by atoms with Gasteiger partial charge in [-0.25, -0.2) is 4.98 Å². The normalized spacial score (nSPS) is 19.1. The van der Waals surface area contributed by atoms with Crippen molar-refractivity contribution in [3.05, 3.63) is 24.3 Å². The first kappa shape index (κ1) is 10.3. The first-order valence-electron chi connectivity index (χ1n) is 5.68. The zero-order valence-electron chi connectivity index (χ0n) is 9.51. The summed E-state index contributed by atoms with van der Waals surface area (Å²) in [5.41, 5.74) is 1.86. The largest absolute Gasteiger partial charge is 0.358 e. The van der Waals surface area contributed by atoms with Crippen LogP contribution in [0.25, 0.3) is 11.0 Å². The van der Waals surface area contributed by atoms with Gasteiger partial charge in [0, 0.05) is 6.61 Å². The average Bonchev–Trinajstić information content (AvgIpc) is 2.67. The van der Waals surface area contributed by atoms with Crippen molar-refractivity contribution in [3.63, 3.8) is 0 Å². The molecular weight excluding hydrogens is 218 g/mol. The molecule has 88 valence electrons. The fourth-order valence-electron chi connectivity index (χ4n) is 2.18. The number of hydrogen-bond donors (Lipinski definition) is 1. The molecule has 17 heavy (non-hydrogen) atoms. The monoisotopic (exact) mass is 231 g/mol. The summed E-state index contributed by atoms with van der Waals surface area (Å²) in [5.74, 6) is 0.521. The van der Waals surface area contributed by atoms with Crippen molar-refractivity contribution in [2.24, 2.45) is 0 Å². The van der Waals surface area contributed by atoms with Gasteiger partial charge < -0.3 is 4.74 Å². The number of para-hydroxylation sites is 2. The molecule has 2 heterocycles. The highest BCUT2D eigenvalue weighted by Crippen LogP contribution is 2.30. The molecule has 1 atom stereocenters. The van der Waals surface area contributed by atoms with Crippen LogP contribution < -0.4 is 5.32 Å². The number of carbonyl (C=O) groups excluding carboxylic acids is 1. The number of amides is 1. The topological polar surface area (TPSA) is 56.1 Å². The van der Waals surface area contributed by atoms with Crippen molar-refractivity contribution in [2.75, 3.05) is 11.9 Å². The highest BCUT2D eigenvalue weighted by Gasteiger charge is 2.27. The van der Waals surface area contributed by atoms with Gasteiger partial charge in [0.2, 0.25) is 11.9 Å². The summed E-state index contributed by atoms with van der Waals surface area (Å²) in [5, 5.41) is 2.77. The third kappa shape index (κ3) is 1.59. The van der Waals surface area contributed by atoms with E-state index in [-0.39, 0.29) is 12.1 Å². The maximum absolute atomic E-state index is 11.5. The van der Waals surface area contributed by atoms with E-state index in [1.54, 1.807) is 0 Å². The van der Waals surface area contributed by atoms with Crippen molar-refractivity contribution < 1.29 is 9.53 Å². The average molecular weight is 231 g/mol. The molecule has 0 saturated carbocycles. The Morgan fingerprint density at radius 1 is 1.53 bits per heavy atom. The van der Waals surface area contributed by atoms with E-state index in [9.17, 15) is 4.79 Å². The first-order valence-corrected chi connectivity index (χ1v) is 5.68. The Bertz CT molecular complexity index is 576. The molecule has 1 aromatic heterocycles. The predicted molar refractivity (Wildman–Crippen MR) is 63.6 cm³/mol. The van der Waals surface area contributed by atoms with Crippen LogP contribution in [-0.4, -0.2) is 22.1 Å². The number of nitrogens with zero attached hydrogens (tertiary/aromatic N) is 2. The van der Waals surface area contributed by atoms with Crippen molar-refractivity contribution in [1.82, 2.24) is 9.55 Å². The van der Waals surface area contributed by atoms with Crippen molar-refractivity contribution >= 4 is 22.9 Å². The summed E-state index contributed by atoms with van der Waals surface area (Å²) < 4.78 is 7.55. The van der Waals surface area contributed by atoms with Gasteiger partial charge in [0.15, 0.2) is 0 Å². The molecule has 1 N–H and O–H groups in total. The molecular formula is C12H13N3O2. The minimum Gasteiger partial charge on any atom is -0.358 e. The lowest BCUT2D eigenvalue weighted by atomic mass is 10.2. The number of imidazole rings is 1. The van der Waals surface area contributed by atoms with Crippen LogP contribution in [0.3, 0.4) is 0 Å². The van der Waals surface area contributed by atoms with Gasteiger partial charge >= 0.3 is 0 Å². The molecule has 0 radical (unpaired) electrons. The van der Waals surface area contributed by atoms with Crippen LogP contribution in [0.5, 0.6) is 0 Å². The molecule has 0 spiro atoms. The molecule has 1 aromatic carbocycles. The zero-order valence-corrected chi connectivity index (χ0v) is 9.51. The van der Waals surface area contributed by atoms with Crippen LogP contribution in [0, 0.1) is 0 Å². The SMILES string of the molecule is CCOC1CC(=O)Nc2nc3ccccc3n21. The van der Waals surface area contributed by atoms with Crippen LogP contribution >= 0.6 is 0 Å². The minimum atomic E-state index is -0.254. The lowest BCUT2D eigenvalue weighted by molar-refractivity contribution is -0.122. The summed E-state index contributed by atoms with van der Waals surface area (Å²) in [6.07, 6.45) is 0.0810. The molecule has 0 aliphatic carbocycles. The predicted octanol–water partition coefficient (Wildman–Crippen LogP) is 1.91. The quantitative estimate of drug-likeness (QED) is 0.859. The van der Waals surface area contributed by atoms with Gasteiger partial charge in [0.25, 0.3) is 0 Å². The number of anilines is 1. The Labute approximate surface area is 98.4 Å². The second-order valence-corrected chi connectivity index (χ2v) is 3.96. The van der Waals surface area contributed by atoms with Gasteiger partial charge in [-0.1, -0.05) is 12.1 Å². The number of carbonyl (C=O) groups is 1. The first-order chi connectivity index (χ1) is 8.29. The molecule has 5 nitrogen and oxygen atoms in total. The second-order valence-electron chi connectivity index (χ2n) is 3.96. The number of hydrogen-bond acceptors (Lipinski definition) is 3. The van der Waals surface area contributed by atoms with E-state index in [1.165, 1.54) is 0 Å². The van der Waals surface area contributed by atoms with Gasteiger partial charge in [-0.3, -0.25) is 14.7 Å². The number of fused-ring (bicyclic) bond motifs is 3. The number of nitrogens with one attached hydrogen (secondary N) is 1. The van der Waals surface area contributed by atoms with Crippen LogP contribution in [0.4, 0.5) is 5.95 Å². The smallest absolute Gasteiger partial charge is 0.231 e. The molecule has 0 saturated heterocycles. The lowest BCUT2D eigenvalue weighted by Crippen LogP contribution is -2.29. The summed E-state index contributed by atoms with van der Waals surface area (Å²) >= 11 is 0. The van der Waals surface area contributed by atoms with E-state index < -0.39 is 0 Å². The molecule has 5 heteroatoms. The number of benzene rings is 1. The third-order valence-corrected chi connectivity index (χ3v) is 2.85. The van der Waals surface area contributed by atoms with Crippen LogP contribution in [0.15, 0.2) is 24.3 Å².